The average Bonchev–Trinajstić information content (AvgIpc) is 2.60. The highest BCUT2D eigenvalue weighted by molar-refractivity contribution is 5.82. The van der Waals surface area contributed by atoms with Crippen molar-refractivity contribution >= 4 is 11.8 Å². The third kappa shape index (κ3) is 3.20. The molecule has 0 aromatic heterocycles. The second-order valence-corrected chi connectivity index (χ2v) is 4.05. The van der Waals surface area contributed by atoms with E-state index in [0.717, 1.165) is 19.4 Å². The molecule has 15 heavy (non-hydrogen) atoms. The number of carbonyl (C=O) groups is 2. The van der Waals surface area contributed by atoms with Gasteiger partial charge in [-0.25, -0.2) is 0 Å². The molecular weight excluding hydrogens is 194 g/mol. The molecule has 0 spiro atoms. The van der Waals surface area contributed by atoms with Gasteiger partial charge in [0.25, 0.3) is 0 Å². The highest BCUT2D eigenvalue weighted by Gasteiger charge is 2.29. The van der Waals surface area contributed by atoms with E-state index in [1.54, 1.807) is 11.8 Å². The summed E-state index contributed by atoms with van der Waals surface area (Å²) < 4.78 is 0. The fourth-order valence-corrected chi connectivity index (χ4v) is 1.86. The molecule has 1 fully saturated rings. The van der Waals surface area contributed by atoms with E-state index in [-0.39, 0.29) is 17.9 Å². The molecule has 5 heteroatoms. The largest absolute Gasteiger partial charge is 0.354 e. The molecule has 1 unspecified atom stereocenters. The van der Waals surface area contributed by atoms with Crippen molar-refractivity contribution < 1.29 is 9.59 Å². The quantitative estimate of drug-likeness (QED) is 0.661. The molecule has 1 heterocycles. The number of hydrogen-bond donors (Lipinski definition) is 2. The Morgan fingerprint density at radius 2 is 2.27 bits per heavy atom. The SMILES string of the molecule is CC(=O)NCC1CCCN1C(=O)[C@H](C)N. The number of nitrogens with one attached hydrogen (secondary N) is 1. The molecule has 1 aliphatic rings. The van der Waals surface area contributed by atoms with Crippen molar-refractivity contribution in [2.45, 2.75) is 38.8 Å². The molecular formula is C10H19N3O2. The van der Waals surface area contributed by atoms with E-state index in [9.17, 15) is 9.59 Å². The van der Waals surface area contributed by atoms with Crippen molar-refractivity contribution in [3.63, 3.8) is 0 Å². The van der Waals surface area contributed by atoms with Gasteiger partial charge in [0.15, 0.2) is 0 Å². The van der Waals surface area contributed by atoms with Crippen molar-refractivity contribution in [3.05, 3.63) is 0 Å². The van der Waals surface area contributed by atoms with Crippen LogP contribution < -0.4 is 11.1 Å². The van der Waals surface area contributed by atoms with Gasteiger partial charge in [-0.1, -0.05) is 0 Å². The maximum Gasteiger partial charge on any atom is 0.239 e. The van der Waals surface area contributed by atoms with Crippen LogP contribution in [0.2, 0.25) is 0 Å². The lowest BCUT2D eigenvalue weighted by atomic mass is 10.2. The van der Waals surface area contributed by atoms with Gasteiger partial charge >= 0.3 is 0 Å². The second-order valence-electron chi connectivity index (χ2n) is 4.05. The Kier molecular flexibility index (Phi) is 4.08. The van der Waals surface area contributed by atoms with E-state index < -0.39 is 6.04 Å². The molecule has 1 saturated heterocycles. The molecule has 0 saturated carbocycles. The van der Waals surface area contributed by atoms with Gasteiger partial charge in [-0.3, -0.25) is 9.59 Å². The number of amides is 2. The van der Waals surface area contributed by atoms with Gasteiger partial charge in [-0.05, 0) is 19.8 Å². The molecule has 2 amide bonds. The number of likely N-dealkylation sites (tertiary alicyclic amines) is 1. The fourth-order valence-electron chi connectivity index (χ4n) is 1.86. The van der Waals surface area contributed by atoms with E-state index in [4.69, 9.17) is 5.73 Å². The third-order valence-electron chi connectivity index (χ3n) is 2.64. The fraction of sp³-hybridized carbons (Fsp3) is 0.800. The third-order valence-corrected chi connectivity index (χ3v) is 2.64. The number of hydrogen-bond acceptors (Lipinski definition) is 3. The van der Waals surface area contributed by atoms with Crippen molar-refractivity contribution in [2.24, 2.45) is 5.73 Å². The summed E-state index contributed by atoms with van der Waals surface area (Å²) in [6.07, 6.45) is 1.93. The number of nitrogens with zero attached hydrogens (tertiary/aromatic N) is 1. The standard InChI is InChI=1S/C10H19N3O2/c1-7(11)10(15)13-5-3-4-9(13)6-12-8(2)14/h7,9H,3-6,11H2,1-2H3,(H,12,14)/t7-,9?/m0/s1. The topological polar surface area (TPSA) is 75.4 Å². The summed E-state index contributed by atoms with van der Waals surface area (Å²) in [6.45, 7) is 4.46. The summed E-state index contributed by atoms with van der Waals surface area (Å²) in [4.78, 5) is 24.2. The van der Waals surface area contributed by atoms with Gasteiger partial charge in [-0.2, -0.15) is 0 Å². The number of nitrogens with two attached hydrogens (primary N) is 1. The van der Waals surface area contributed by atoms with Crippen LogP contribution in [0, 0.1) is 0 Å². The average molecular weight is 213 g/mol. The lowest BCUT2D eigenvalue weighted by Gasteiger charge is -2.26. The Morgan fingerprint density at radius 1 is 1.60 bits per heavy atom. The number of rotatable bonds is 3. The van der Waals surface area contributed by atoms with E-state index in [2.05, 4.69) is 5.32 Å². The molecule has 0 aliphatic carbocycles. The van der Waals surface area contributed by atoms with Gasteiger partial charge in [0.05, 0.1) is 6.04 Å². The maximum atomic E-state index is 11.7. The molecule has 5 nitrogen and oxygen atoms in total. The highest BCUT2D eigenvalue weighted by Crippen LogP contribution is 2.17. The Hall–Kier alpha value is -1.10. The minimum atomic E-state index is -0.456. The monoisotopic (exact) mass is 213 g/mol. The molecule has 2 atom stereocenters. The predicted octanol–water partition coefficient (Wildman–Crippen LogP) is -0.539. The first-order valence-electron chi connectivity index (χ1n) is 5.33. The number of carbonyl (C=O) groups excluding carboxylic acids is 2. The van der Waals surface area contributed by atoms with Crippen LogP contribution in [0.1, 0.15) is 26.7 Å². The Morgan fingerprint density at radius 3 is 2.80 bits per heavy atom. The lowest BCUT2D eigenvalue weighted by molar-refractivity contribution is -0.133. The molecule has 0 aromatic rings. The van der Waals surface area contributed by atoms with Gasteiger partial charge in [0.1, 0.15) is 0 Å². The predicted molar refractivity (Wildman–Crippen MR) is 57.1 cm³/mol. The van der Waals surface area contributed by atoms with E-state index >= 15 is 0 Å². The zero-order valence-corrected chi connectivity index (χ0v) is 9.32. The van der Waals surface area contributed by atoms with Crippen LogP contribution in [-0.2, 0) is 9.59 Å². The molecule has 1 rings (SSSR count). The second kappa shape index (κ2) is 5.11. The maximum absolute atomic E-state index is 11.7. The Labute approximate surface area is 90.0 Å². The van der Waals surface area contributed by atoms with Crippen LogP contribution in [0.15, 0.2) is 0 Å². The highest BCUT2D eigenvalue weighted by atomic mass is 16.2. The molecule has 3 N–H and O–H groups in total. The first kappa shape index (κ1) is 12.0. The van der Waals surface area contributed by atoms with Crippen LogP contribution in [0.5, 0.6) is 0 Å². The van der Waals surface area contributed by atoms with Gasteiger partial charge in [0.2, 0.25) is 11.8 Å². The molecule has 1 aliphatic heterocycles. The van der Waals surface area contributed by atoms with E-state index in [0.29, 0.717) is 6.54 Å². The van der Waals surface area contributed by atoms with Crippen LogP contribution in [0.4, 0.5) is 0 Å². The Balaban J connectivity index is 2.49. The summed E-state index contributed by atoms with van der Waals surface area (Å²) in [5, 5.41) is 2.74. The van der Waals surface area contributed by atoms with Crippen molar-refractivity contribution in [2.75, 3.05) is 13.1 Å². The minimum absolute atomic E-state index is 0.0251. The lowest BCUT2D eigenvalue weighted by Crippen LogP contribution is -2.48. The first-order chi connectivity index (χ1) is 7.02. The summed E-state index contributed by atoms with van der Waals surface area (Å²) in [5.41, 5.74) is 5.56. The molecule has 0 aromatic carbocycles. The van der Waals surface area contributed by atoms with Gasteiger partial charge < -0.3 is 16.0 Å². The zero-order valence-electron chi connectivity index (χ0n) is 9.32. The van der Waals surface area contributed by atoms with Crippen LogP contribution in [-0.4, -0.2) is 41.9 Å². The van der Waals surface area contributed by atoms with Crippen molar-refractivity contribution in [3.8, 4) is 0 Å². The van der Waals surface area contributed by atoms with Crippen molar-refractivity contribution in [1.82, 2.24) is 10.2 Å². The normalized spacial score (nSPS) is 22.6. The first-order valence-corrected chi connectivity index (χ1v) is 5.33. The van der Waals surface area contributed by atoms with Crippen molar-refractivity contribution in [1.29, 1.82) is 0 Å². The van der Waals surface area contributed by atoms with Gasteiger partial charge in [0, 0.05) is 26.1 Å². The smallest absolute Gasteiger partial charge is 0.239 e. The molecule has 0 radical (unpaired) electrons. The molecule has 86 valence electrons. The van der Waals surface area contributed by atoms with E-state index in [1.165, 1.54) is 6.92 Å². The van der Waals surface area contributed by atoms with Crippen LogP contribution in [0.3, 0.4) is 0 Å². The van der Waals surface area contributed by atoms with Crippen LogP contribution >= 0.6 is 0 Å². The summed E-state index contributed by atoms with van der Waals surface area (Å²) in [6, 6.07) is -0.338. The summed E-state index contributed by atoms with van der Waals surface area (Å²) >= 11 is 0. The Bertz CT molecular complexity index is 253. The minimum Gasteiger partial charge on any atom is -0.354 e. The molecule has 0 bridgehead atoms. The van der Waals surface area contributed by atoms with E-state index in [1.807, 2.05) is 0 Å². The zero-order chi connectivity index (χ0) is 11.4. The van der Waals surface area contributed by atoms with Crippen LogP contribution in [0.25, 0.3) is 0 Å². The summed E-state index contributed by atoms with van der Waals surface area (Å²) in [7, 11) is 0. The van der Waals surface area contributed by atoms with Gasteiger partial charge in [-0.15, -0.1) is 0 Å². The summed E-state index contributed by atoms with van der Waals surface area (Å²) in [5.74, 6) is -0.0852.